The zero-order chi connectivity index (χ0) is 14.1. The van der Waals surface area contributed by atoms with Gasteiger partial charge in [0, 0.05) is 12.8 Å². The van der Waals surface area contributed by atoms with E-state index in [4.69, 9.17) is 0 Å². The maximum Gasteiger partial charge on any atom is 0.240 e. The summed E-state index contributed by atoms with van der Waals surface area (Å²) < 4.78 is 22.4. The van der Waals surface area contributed by atoms with Crippen LogP contribution in [0.5, 0.6) is 0 Å². The lowest BCUT2D eigenvalue weighted by molar-refractivity contribution is -0.129. The average Bonchev–Trinajstić information content (AvgIpc) is 2.47. The minimum absolute atomic E-state index is 0.0143. The second-order valence-electron chi connectivity index (χ2n) is 6.11. The molecule has 0 bridgehead atoms. The van der Waals surface area contributed by atoms with Crippen molar-refractivity contribution in [2.24, 2.45) is 5.92 Å². The molecular formula is C12H24N2O3S. The molecule has 1 aliphatic heterocycles. The first-order valence-corrected chi connectivity index (χ1v) is 8.15. The molecule has 1 saturated heterocycles. The summed E-state index contributed by atoms with van der Waals surface area (Å²) in [6, 6.07) is -0.166. The van der Waals surface area contributed by atoms with Crippen LogP contribution in [0.4, 0.5) is 0 Å². The van der Waals surface area contributed by atoms with E-state index in [1.165, 1.54) is 6.26 Å². The van der Waals surface area contributed by atoms with Crippen LogP contribution < -0.4 is 5.32 Å². The molecule has 1 unspecified atom stereocenters. The molecule has 1 fully saturated rings. The monoisotopic (exact) mass is 276 g/mol. The third-order valence-corrected chi connectivity index (χ3v) is 5.56. The quantitative estimate of drug-likeness (QED) is 0.799. The first-order valence-electron chi connectivity index (χ1n) is 6.26. The number of sulfone groups is 1. The summed E-state index contributed by atoms with van der Waals surface area (Å²) in [5.74, 6) is 0.453. The first-order chi connectivity index (χ1) is 8.04. The average molecular weight is 276 g/mol. The molecule has 0 aromatic carbocycles. The Morgan fingerprint density at radius 1 is 1.44 bits per heavy atom. The van der Waals surface area contributed by atoms with Gasteiger partial charge in [-0.3, -0.25) is 10.1 Å². The predicted molar refractivity (Wildman–Crippen MR) is 71.9 cm³/mol. The fourth-order valence-corrected chi connectivity index (χ4v) is 2.36. The van der Waals surface area contributed by atoms with Crippen molar-refractivity contribution in [3.8, 4) is 0 Å². The lowest BCUT2D eigenvalue weighted by atomic mass is 10.0. The number of amides is 1. The van der Waals surface area contributed by atoms with E-state index in [1.807, 2.05) is 0 Å². The van der Waals surface area contributed by atoms with Crippen molar-refractivity contribution in [1.82, 2.24) is 10.2 Å². The number of nitrogens with zero attached hydrogens (tertiary/aromatic N) is 1. The number of hydrogen-bond acceptors (Lipinski definition) is 4. The highest BCUT2D eigenvalue weighted by atomic mass is 32.2. The third kappa shape index (κ3) is 3.45. The molecule has 1 N–H and O–H groups in total. The second kappa shape index (κ2) is 5.17. The lowest BCUT2D eigenvalue weighted by Gasteiger charge is -2.28. The molecule has 5 nitrogen and oxygen atoms in total. The summed E-state index contributed by atoms with van der Waals surface area (Å²) in [5, 5.41) is 3.14. The van der Waals surface area contributed by atoms with Crippen molar-refractivity contribution in [3.05, 3.63) is 0 Å². The van der Waals surface area contributed by atoms with Crippen molar-refractivity contribution in [3.63, 3.8) is 0 Å². The van der Waals surface area contributed by atoms with Crippen LogP contribution in [0.25, 0.3) is 0 Å². The summed E-state index contributed by atoms with van der Waals surface area (Å²) >= 11 is 0. The summed E-state index contributed by atoms with van der Waals surface area (Å²) in [4.78, 5) is 13.7. The van der Waals surface area contributed by atoms with Gasteiger partial charge in [-0.05, 0) is 26.2 Å². The summed E-state index contributed by atoms with van der Waals surface area (Å²) in [6.07, 6.45) is 2.00. The van der Waals surface area contributed by atoms with Crippen molar-refractivity contribution < 1.29 is 13.2 Å². The molecule has 0 aromatic heterocycles. The molecule has 0 aromatic rings. The van der Waals surface area contributed by atoms with Crippen molar-refractivity contribution in [2.45, 2.75) is 44.9 Å². The smallest absolute Gasteiger partial charge is 0.240 e. The molecule has 1 aliphatic rings. The van der Waals surface area contributed by atoms with Gasteiger partial charge in [0.25, 0.3) is 0 Å². The van der Waals surface area contributed by atoms with Crippen LogP contribution in [0.2, 0.25) is 0 Å². The molecule has 0 saturated carbocycles. The van der Waals surface area contributed by atoms with E-state index < -0.39 is 14.6 Å². The Labute approximate surface area is 110 Å². The molecule has 0 spiro atoms. The highest BCUT2D eigenvalue weighted by molar-refractivity contribution is 7.92. The molecule has 0 aliphatic carbocycles. The topological polar surface area (TPSA) is 66.5 Å². The van der Waals surface area contributed by atoms with Crippen molar-refractivity contribution >= 4 is 15.7 Å². The van der Waals surface area contributed by atoms with Crippen LogP contribution >= 0.6 is 0 Å². The Morgan fingerprint density at radius 3 is 2.44 bits per heavy atom. The number of hydrogen-bond donors (Lipinski definition) is 1. The lowest BCUT2D eigenvalue weighted by Crippen LogP contribution is -2.45. The molecule has 18 heavy (non-hydrogen) atoms. The van der Waals surface area contributed by atoms with E-state index in [-0.39, 0.29) is 18.5 Å². The standard InChI is InChI=1S/C12H24N2O3S/c1-9(2)6-10-11(15)14(8-13-10)7-12(3,4)18(5,16)17/h9-10,13H,6-8H2,1-5H3. The van der Waals surface area contributed by atoms with Crippen LogP contribution in [-0.2, 0) is 14.6 Å². The Kier molecular flexibility index (Phi) is 4.43. The summed E-state index contributed by atoms with van der Waals surface area (Å²) in [6.45, 7) is 8.13. The Morgan fingerprint density at radius 2 is 2.00 bits per heavy atom. The number of carbonyl (C=O) groups excluding carboxylic acids is 1. The third-order valence-electron chi connectivity index (χ3n) is 3.42. The minimum Gasteiger partial charge on any atom is -0.327 e. The molecule has 1 atom stereocenters. The largest absolute Gasteiger partial charge is 0.327 e. The molecule has 106 valence electrons. The normalized spacial score (nSPS) is 22.0. The van der Waals surface area contributed by atoms with Crippen LogP contribution in [0, 0.1) is 5.92 Å². The van der Waals surface area contributed by atoms with Crippen LogP contribution in [-0.4, -0.2) is 49.5 Å². The fraction of sp³-hybridized carbons (Fsp3) is 0.917. The van der Waals surface area contributed by atoms with Gasteiger partial charge >= 0.3 is 0 Å². The van der Waals surface area contributed by atoms with E-state index in [0.717, 1.165) is 6.42 Å². The SMILES string of the molecule is CC(C)CC1NCN(CC(C)(C)S(C)(=O)=O)C1=O. The summed E-state index contributed by atoms with van der Waals surface area (Å²) in [5.41, 5.74) is 0. The van der Waals surface area contributed by atoms with Gasteiger partial charge < -0.3 is 4.90 Å². The van der Waals surface area contributed by atoms with Crippen molar-refractivity contribution in [1.29, 1.82) is 0 Å². The number of carbonyl (C=O) groups is 1. The van der Waals surface area contributed by atoms with E-state index in [1.54, 1.807) is 18.7 Å². The van der Waals surface area contributed by atoms with Crippen LogP contribution in [0.3, 0.4) is 0 Å². The van der Waals surface area contributed by atoms with Crippen molar-refractivity contribution in [2.75, 3.05) is 19.5 Å². The van der Waals surface area contributed by atoms with E-state index >= 15 is 0 Å². The minimum atomic E-state index is -3.18. The number of nitrogens with one attached hydrogen (secondary N) is 1. The molecular weight excluding hydrogens is 252 g/mol. The maximum absolute atomic E-state index is 12.1. The zero-order valence-corrected chi connectivity index (χ0v) is 12.7. The summed E-state index contributed by atoms with van der Waals surface area (Å²) in [7, 11) is -3.18. The van der Waals surface area contributed by atoms with Crippen LogP contribution in [0.1, 0.15) is 34.1 Å². The van der Waals surface area contributed by atoms with Gasteiger partial charge in [0.05, 0.1) is 17.5 Å². The van der Waals surface area contributed by atoms with Gasteiger partial charge in [0.1, 0.15) is 0 Å². The van der Waals surface area contributed by atoms with Gasteiger partial charge in [-0.1, -0.05) is 13.8 Å². The number of rotatable bonds is 5. The van der Waals surface area contributed by atoms with Gasteiger partial charge in [-0.15, -0.1) is 0 Å². The zero-order valence-electron chi connectivity index (χ0n) is 11.9. The second-order valence-corrected chi connectivity index (χ2v) is 8.76. The van der Waals surface area contributed by atoms with E-state index in [2.05, 4.69) is 19.2 Å². The molecule has 1 heterocycles. The molecule has 0 radical (unpaired) electrons. The van der Waals surface area contributed by atoms with E-state index in [0.29, 0.717) is 12.6 Å². The van der Waals surface area contributed by atoms with Gasteiger partial charge in [0.15, 0.2) is 9.84 Å². The molecule has 1 amide bonds. The molecule has 6 heteroatoms. The van der Waals surface area contributed by atoms with Gasteiger partial charge in [0.2, 0.25) is 5.91 Å². The predicted octanol–water partition coefficient (Wildman–Crippen LogP) is 0.614. The Balaban J connectivity index is 2.69. The molecule has 1 rings (SSSR count). The first kappa shape index (κ1) is 15.4. The van der Waals surface area contributed by atoms with Gasteiger partial charge in [-0.25, -0.2) is 8.42 Å². The Hall–Kier alpha value is -0.620. The highest BCUT2D eigenvalue weighted by Gasteiger charge is 2.38. The van der Waals surface area contributed by atoms with Crippen LogP contribution in [0.15, 0.2) is 0 Å². The van der Waals surface area contributed by atoms with E-state index in [9.17, 15) is 13.2 Å². The fourth-order valence-electron chi connectivity index (χ4n) is 1.97. The highest BCUT2D eigenvalue weighted by Crippen LogP contribution is 2.20. The van der Waals surface area contributed by atoms with Gasteiger partial charge in [-0.2, -0.15) is 0 Å². The Bertz CT molecular complexity index is 415. The maximum atomic E-state index is 12.1.